The molecule has 2 unspecified atom stereocenters. The second kappa shape index (κ2) is 9.04. The summed E-state index contributed by atoms with van der Waals surface area (Å²) < 4.78 is 5.43. The molecule has 0 amide bonds. The Bertz CT molecular complexity index is 642. The van der Waals surface area contributed by atoms with E-state index in [1.165, 1.54) is 0 Å². The lowest BCUT2D eigenvalue weighted by Gasteiger charge is -2.16. The van der Waals surface area contributed by atoms with Crippen molar-refractivity contribution in [3.8, 4) is 5.75 Å². The van der Waals surface area contributed by atoms with Gasteiger partial charge in [-0.05, 0) is 48.2 Å². The van der Waals surface area contributed by atoms with Crippen LogP contribution in [0.2, 0.25) is 5.02 Å². The van der Waals surface area contributed by atoms with Crippen molar-refractivity contribution >= 4 is 11.6 Å². The van der Waals surface area contributed by atoms with Gasteiger partial charge in [0, 0.05) is 11.4 Å². The van der Waals surface area contributed by atoms with Crippen molar-refractivity contribution in [1.82, 2.24) is 0 Å². The summed E-state index contributed by atoms with van der Waals surface area (Å²) in [6, 6.07) is 13.1. The van der Waals surface area contributed by atoms with Crippen molar-refractivity contribution in [2.75, 3.05) is 13.2 Å². The molecule has 0 spiro atoms. The van der Waals surface area contributed by atoms with Crippen molar-refractivity contribution in [2.24, 2.45) is 0 Å². The van der Waals surface area contributed by atoms with Crippen LogP contribution in [0.1, 0.15) is 36.1 Å². The van der Waals surface area contributed by atoms with E-state index in [-0.39, 0.29) is 13.0 Å². The van der Waals surface area contributed by atoms with Crippen LogP contribution in [0.5, 0.6) is 5.75 Å². The normalized spacial score (nSPS) is 13.5. The molecule has 24 heavy (non-hydrogen) atoms. The van der Waals surface area contributed by atoms with Gasteiger partial charge in [0.05, 0.1) is 25.4 Å². The van der Waals surface area contributed by atoms with Gasteiger partial charge in [-0.2, -0.15) is 0 Å². The van der Waals surface area contributed by atoms with Crippen LogP contribution in [0.3, 0.4) is 0 Å². The lowest BCUT2D eigenvalue weighted by atomic mass is 9.98. The number of rotatable bonds is 8. The number of aliphatic hydroxyl groups excluding tert-OH is 3. The Morgan fingerprint density at radius 1 is 1.08 bits per heavy atom. The van der Waals surface area contributed by atoms with Gasteiger partial charge in [0.1, 0.15) is 5.75 Å². The van der Waals surface area contributed by atoms with Crippen molar-refractivity contribution in [2.45, 2.75) is 32.0 Å². The molecule has 130 valence electrons. The maximum absolute atomic E-state index is 10.2. The minimum absolute atomic E-state index is 0.0840. The van der Waals surface area contributed by atoms with Gasteiger partial charge in [-0.3, -0.25) is 0 Å². The zero-order chi connectivity index (χ0) is 17.5. The average Bonchev–Trinajstić information content (AvgIpc) is 2.58. The predicted octanol–water partition coefficient (Wildman–Crippen LogP) is 3.11. The first-order valence-electron chi connectivity index (χ1n) is 8.00. The number of aliphatic hydroxyl groups is 3. The topological polar surface area (TPSA) is 69.9 Å². The molecular formula is C19H23ClO4. The van der Waals surface area contributed by atoms with E-state index in [0.29, 0.717) is 23.6 Å². The fourth-order valence-electron chi connectivity index (χ4n) is 2.50. The standard InChI is InChI=1S/C19H23ClO4/c1-2-24-17-6-3-13(4-7-17)9-15-10-14(5-8-18(15)20)19(23)11-16(22)12-21/h3-8,10,16,19,21-23H,2,9,11-12H2,1H3. The molecule has 0 bridgehead atoms. The zero-order valence-corrected chi connectivity index (χ0v) is 14.4. The van der Waals surface area contributed by atoms with E-state index in [2.05, 4.69) is 0 Å². The number of ether oxygens (including phenoxy) is 1. The number of benzene rings is 2. The lowest BCUT2D eigenvalue weighted by Crippen LogP contribution is -2.16. The fraction of sp³-hybridized carbons (Fsp3) is 0.368. The summed E-state index contributed by atoms with van der Waals surface area (Å²) in [5.41, 5.74) is 2.66. The molecule has 4 nitrogen and oxygen atoms in total. The second-order valence-electron chi connectivity index (χ2n) is 5.69. The van der Waals surface area contributed by atoms with Crippen LogP contribution in [0, 0.1) is 0 Å². The minimum atomic E-state index is -0.940. The summed E-state index contributed by atoms with van der Waals surface area (Å²) in [5.74, 6) is 0.828. The maximum atomic E-state index is 10.2. The van der Waals surface area contributed by atoms with E-state index < -0.39 is 12.2 Å². The van der Waals surface area contributed by atoms with Crippen LogP contribution < -0.4 is 4.74 Å². The summed E-state index contributed by atoms with van der Waals surface area (Å²) in [6.07, 6.45) is -1.07. The first-order chi connectivity index (χ1) is 11.5. The van der Waals surface area contributed by atoms with Crippen LogP contribution >= 0.6 is 11.6 Å². The van der Waals surface area contributed by atoms with Crippen LogP contribution in [0.15, 0.2) is 42.5 Å². The Balaban J connectivity index is 2.13. The maximum Gasteiger partial charge on any atom is 0.119 e. The largest absolute Gasteiger partial charge is 0.494 e. The van der Waals surface area contributed by atoms with Gasteiger partial charge in [0.2, 0.25) is 0 Å². The summed E-state index contributed by atoms with van der Waals surface area (Å²) in [4.78, 5) is 0. The van der Waals surface area contributed by atoms with Gasteiger partial charge in [-0.1, -0.05) is 35.9 Å². The Kier molecular flexibility index (Phi) is 7.06. The highest BCUT2D eigenvalue weighted by molar-refractivity contribution is 6.31. The quantitative estimate of drug-likeness (QED) is 0.684. The predicted molar refractivity (Wildman–Crippen MR) is 94.5 cm³/mol. The molecule has 2 aromatic carbocycles. The molecule has 5 heteroatoms. The monoisotopic (exact) mass is 350 g/mol. The summed E-state index contributed by atoms with van der Waals surface area (Å²) in [5, 5.41) is 29.2. The highest BCUT2D eigenvalue weighted by Gasteiger charge is 2.15. The number of hydrogen-bond donors (Lipinski definition) is 3. The highest BCUT2D eigenvalue weighted by Crippen LogP contribution is 2.26. The fourth-order valence-corrected chi connectivity index (χ4v) is 2.68. The van der Waals surface area contributed by atoms with E-state index in [1.807, 2.05) is 37.3 Å². The molecular weight excluding hydrogens is 328 g/mol. The van der Waals surface area contributed by atoms with E-state index >= 15 is 0 Å². The zero-order valence-electron chi connectivity index (χ0n) is 13.7. The van der Waals surface area contributed by atoms with E-state index in [4.69, 9.17) is 21.4 Å². The first-order valence-corrected chi connectivity index (χ1v) is 8.38. The molecule has 0 aliphatic rings. The number of hydrogen-bond acceptors (Lipinski definition) is 4. The van der Waals surface area contributed by atoms with E-state index in [9.17, 15) is 10.2 Å². The van der Waals surface area contributed by atoms with Crippen LogP contribution in [-0.2, 0) is 6.42 Å². The Morgan fingerprint density at radius 3 is 2.42 bits per heavy atom. The van der Waals surface area contributed by atoms with Crippen LogP contribution in [-0.4, -0.2) is 34.6 Å². The Labute approximate surface area is 147 Å². The van der Waals surface area contributed by atoms with Gasteiger partial charge in [0.25, 0.3) is 0 Å². The van der Waals surface area contributed by atoms with Gasteiger partial charge in [0.15, 0.2) is 0 Å². The molecule has 0 aliphatic carbocycles. The molecule has 3 N–H and O–H groups in total. The second-order valence-corrected chi connectivity index (χ2v) is 6.10. The molecule has 0 fully saturated rings. The Morgan fingerprint density at radius 2 is 1.79 bits per heavy atom. The van der Waals surface area contributed by atoms with Crippen LogP contribution in [0.25, 0.3) is 0 Å². The van der Waals surface area contributed by atoms with E-state index in [0.717, 1.165) is 16.9 Å². The third kappa shape index (κ3) is 5.21. The minimum Gasteiger partial charge on any atom is -0.494 e. The average molecular weight is 351 g/mol. The van der Waals surface area contributed by atoms with Crippen molar-refractivity contribution < 1.29 is 20.1 Å². The first kappa shape index (κ1) is 18.7. The van der Waals surface area contributed by atoms with Gasteiger partial charge >= 0.3 is 0 Å². The Hall–Kier alpha value is -1.59. The molecule has 2 aromatic rings. The smallest absolute Gasteiger partial charge is 0.119 e. The molecule has 0 radical (unpaired) electrons. The summed E-state index contributed by atoms with van der Waals surface area (Å²) in [6.45, 7) is 2.20. The lowest BCUT2D eigenvalue weighted by molar-refractivity contribution is 0.0413. The molecule has 0 aliphatic heterocycles. The molecule has 0 saturated carbocycles. The molecule has 0 heterocycles. The molecule has 2 atom stereocenters. The van der Waals surface area contributed by atoms with E-state index in [1.54, 1.807) is 12.1 Å². The molecule has 0 aromatic heterocycles. The SMILES string of the molecule is CCOc1ccc(Cc2cc(C(O)CC(O)CO)ccc2Cl)cc1. The summed E-state index contributed by atoms with van der Waals surface area (Å²) >= 11 is 6.27. The third-order valence-corrected chi connectivity index (χ3v) is 4.16. The summed E-state index contributed by atoms with van der Waals surface area (Å²) in [7, 11) is 0. The van der Waals surface area contributed by atoms with Gasteiger partial charge in [-0.15, -0.1) is 0 Å². The van der Waals surface area contributed by atoms with Crippen molar-refractivity contribution in [1.29, 1.82) is 0 Å². The van der Waals surface area contributed by atoms with Gasteiger partial charge in [-0.25, -0.2) is 0 Å². The number of halogens is 1. The van der Waals surface area contributed by atoms with Crippen molar-refractivity contribution in [3.63, 3.8) is 0 Å². The molecule has 0 saturated heterocycles. The third-order valence-electron chi connectivity index (χ3n) is 3.79. The van der Waals surface area contributed by atoms with Crippen molar-refractivity contribution in [3.05, 3.63) is 64.2 Å². The highest BCUT2D eigenvalue weighted by atomic mass is 35.5. The van der Waals surface area contributed by atoms with Gasteiger partial charge < -0.3 is 20.1 Å². The van der Waals surface area contributed by atoms with Crippen LogP contribution in [0.4, 0.5) is 0 Å². The molecule has 2 rings (SSSR count).